The first-order chi connectivity index (χ1) is 9.27. The molecular formula is C12H8BrClF3N3. The minimum absolute atomic E-state index is 0.0244. The van der Waals surface area contributed by atoms with Gasteiger partial charge in [-0.15, -0.1) is 0 Å². The minimum Gasteiger partial charge on any atom is -0.339 e. The lowest BCUT2D eigenvalue weighted by atomic mass is 10.2. The second kappa shape index (κ2) is 5.57. The van der Waals surface area contributed by atoms with Crippen molar-refractivity contribution in [3.05, 3.63) is 45.3 Å². The average Bonchev–Trinajstić information content (AvgIpc) is 2.33. The van der Waals surface area contributed by atoms with Crippen molar-refractivity contribution in [2.45, 2.75) is 13.1 Å². The van der Waals surface area contributed by atoms with Crippen LogP contribution in [-0.4, -0.2) is 9.97 Å². The molecule has 1 N–H and O–H groups in total. The predicted octanol–water partition coefficient (Wildman–Crippen LogP) is 4.96. The minimum atomic E-state index is -4.58. The molecule has 0 saturated heterocycles. The molecular weight excluding hydrogens is 359 g/mol. The maximum atomic E-state index is 12.6. The highest BCUT2D eigenvalue weighted by atomic mass is 79.9. The first-order valence-corrected chi connectivity index (χ1v) is 6.58. The first kappa shape index (κ1) is 15.1. The fourth-order valence-electron chi connectivity index (χ4n) is 1.51. The maximum absolute atomic E-state index is 12.6. The molecule has 0 atom stereocenters. The summed E-state index contributed by atoms with van der Waals surface area (Å²) in [6, 6.07) is 6.15. The number of nitrogens with one attached hydrogen (secondary N) is 1. The van der Waals surface area contributed by atoms with E-state index in [9.17, 15) is 13.2 Å². The van der Waals surface area contributed by atoms with Crippen molar-refractivity contribution in [3.63, 3.8) is 0 Å². The van der Waals surface area contributed by atoms with Crippen LogP contribution in [0.1, 0.15) is 11.3 Å². The second-order valence-corrected chi connectivity index (χ2v) is 5.10. The normalized spacial score (nSPS) is 11.5. The molecule has 0 fully saturated rings. The van der Waals surface area contributed by atoms with Crippen LogP contribution in [0.5, 0.6) is 0 Å². The van der Waals surface area contributed by atoms with E-state index in [0.29, 0.717) is 5.69 Å². The monoisotopic (exact) mass is 365 g/mol. The molecule has 0 saturated carbocycles. The lowest BCUT2D eigenvalue weighted by Gasteiger charge is -2.12. The Morgan fingerprint density at radius 3 is 2.60 bits per heavy atom. The Morgan fingerprint density at radius 2 is 1.95 bits per heavy atom. The van der Waals surface area contributed by atoms with E-state index in [0.717, 1.165) is 16.1 Å². The van der Waals surface area contributed by atoms with Crippen LogP contribution in [0.4, 0.5) is 24.7 Å². The summed E-state index contributed by atoms with van der Waals surface area (Å²) in [6.45, 7) is 1.86. The third-order valence-electron chi connectivity index (χ3n) is 2.44. The third-order valence-corrected chi connectivity index (χ3v) is 3.67. The fourth-order valence-corrected chi connectivity index (χ4v) is 2.05. The number of rotatable bonds is 2. The Kier molecular flexibility index (Phi) is 4.19. The Labute approximate surface area is 126 Å². The van der Waals surface area contributed by atoms with Gasteiger partial charge in [-0.3, -0.25) is 0 Å². The van der Waals surface area contributed by atoms with Gasteiger partial charge in [0.1, 0.15) is 5.82 Å². The zero-order valence-corrected chi connectivity index (χ0v) is 12.4. The number of aromatic nitrogens is 2. The van der Waals surface area contributed by atoms with E-state index in [4.69, 9.17) is 11.6 Å². The Balaban J connectivity index is 2.39. The maximum Gasteiger partial charge on any atom is 0.433 e. The van der Waals surface area contributed by atoms with Crippen LogP contribution >= 0.6 is 27.5 Å². The molecule has 0 bridgehead atoms. The van der Waals surface area contributed by atoms with E-state index < -0.39 is 17.2 Å². The SMILES string of the molecule is Cc1cccc(Nc2cc(C(F)(F)F)nc(Cl)n2)c1Br. The van der Waals surface area contributed by atoms with E-state index in [1.807, 2.05) is 13.0 Å². The molecule has 0 spiro atoms. The van der Waals surface area contributed by atoms with Crippen molar-refractivity contribution in [2.24, 2.45) is 0 Å². The molecule has 8 heteroatoms. The van der Waals surface area contributed by atoms with Gasteiger partial charge in [0.25, 0.3) is 0 Å². The summed E-state index contributed by atoms with van der Waals surface area (Å²) < 4.78 is 38.7. The summed E-state index contributed by atoms with van der Waals surface area (Å²) in [5.41, 5.74) is 0.433. The lowest BCUT2D eigenvalue weighted by molar-refractivity contribution is -0.141. The molecule has 1 heterocycles. The standard InChI is InChI=1S/C12H8BrClF3N3/c1-6-3-2-4-7(10(6)13)18-9-5-8(12(15,16)17)19-11(14)20-9/h2-5H,1H3,(H,18,19,20). The molecule has 2 rings (SSSR count). The van der Waals surface area contributed by atoms with Crippen molar-refractivity contribution in [3.8, 4) is 0 Å². The largest absolute Gasteiger partial charge is 0.433 e. The van der Waals surface area contributed by atoms with Crippen molar-refractivity contribution < 1.29 is 13.2 Å². The number of hydrogen-bond donors (Lipinski definition) is 1. The summed E-state index contributed by atoms with van der Waals surface area (Å²) in [5, 5.41) is 2.32. The van der Waals surface area contributed by atoms with Gasteiger partial charge in [0.05, 0.1) is 5.69 Å². The molecule has 3 nitrogen and oxygen atoms in total. The summed E-state index contributed by atoms with van der Waals surface area (Å²) in [7, 11) is 0. The molecule has 1 aromatic carbocycles. The lowest BCUT2D eigenvalue weighted by Crippen LogP contribution is -2.10. The Morgan fingerprint density at radius 1 is 1.25 bits per heavy atom. The molecule has 0 unspecified atom stereocenters. The van der Waals surface area contributed by atoms with Crippen molar-refractivity contribution in [1.82, 2.24) is 9.97 Å². The van der Waals surface area contributed by atoms with Gasteiger partial charge in [-0.2, -0.15) is 13.2 Å². The number of alkyl halides is 3. The van der Waals surface area contributed by atoms with E-state index in [2.05, 4.69) is 31.2 Å². The highest BCUT2D eigenvalue weighted by Crippen LogP contribution is 2.32. The smallest absolute Gasteiger partial charge is 0.339 e. The number of anilines is 2. The molecule has 0 aliphatic carbocycles. The molecule has 0 aliphatic heterocycles. The van der Waals surface area contributed by atoms with Crippen LogP contribution in [0.15, 0.2) is 28.7 Å². The van der Waals surface area contributed by atoms with E-state index in [-0.39, 0.29) is 5.82 Å². The predicted molar refractivity (Wildman–Crippen MR) is 74.2 cm³/mol. The summed E-state index contributed by atoms with van der Waals surface area (Å²) in [4.78, 5) is 6.90. The number of benzene rings is 1. The van der Waals surface area contributed by atoms with Gasteiger partial charge in [0.2, 0.25) is 5.28 Å². The van der Waals surface area contributed by atoms with Gasteiger partial charge < -0.3 is 5.32 Å². The van der Waals surface area contributed by atoms with Gasteiger partial charge in [-0.05, 0) is 46.1 Å². The topological polar surface area (TPSA) is 37.8 Å². The summed E-state index contributed by atoms with van der Waals surface area (Å²) in [6.07, 6.45) is -4.58. The molecule has 0 aliphatic rings. The molecule has 1 aromatic heterocycles. The first-order valence-electron chi connectivity index (χ1n) is 5.41. The van der Waals surface area contributed by atoms with Crippen LogP contribution < -0.4 is 5.32 Å². The van der Waals surface area contributed by atoms with E-state index >= 15 is 0 Å². The number of aryl methyl sites for hydroxylation is 1. The van der Waals surface area contributed by atoms with Gasteiger partial charge >= 0.3 is 6.18 Å². The van der Waals surface area contributed by atoms with Gasteiger partial charge in [-0.25, -0.2) is 9.97 Å². The Hall–Kier alpha value is -1.34. The molecule has 0 radical (unpaired) electrons. The Bertz CT molecular complexity index is 646. The van der Waals surface area contributed by atoms with Crippen LogP contribution in [0.2, 0.25) is 5.28 Å². The van der Waals surface area contributed by atoms with Crippen LogP contribution in [0.25, 0.3) is 0 Å². The molecule has 106 valence electrons. The number of halogens is 5. The van der Waals surface area contributed by atoms with Crippen molar-refractivity contribution in [1.29, 1.82) is 0 Å². The number of nitrogens with zero attached hydrogens (tertiary/aromatic N) is 2. The number of hydrogen-bond acceptors (Lipinski definition) is 3. The van der Waals surface area contributed by atoms with Crippen LogP contribution in [-0.2, 0) is 6.18 Å². The summed E-state index contributed by atoms with van der Waals surface area (Å²) >= 11 is 8.87. The van der Waals surface area contributed by atoms with Gasteiger partial charge in [-0.1, -0.05) is 12.1 Å². The van der Waals surface area contributed by atoms with E-state index in [1.165, 1.54) is 0 Å². The second-order valence-electron chi connectivity index (χ2n) is 3.97. The highest BCUT2D eigenvalue weighted by molar-refractivity contribution is 9.10. The van der Waals surface area contributed by atoms with Crippen molar-refractivity contribution in [2.75, 3.05) is 5.32 Å². The molecule has 20 heavy (non-hydrogen) atoms. The zero-order valence-electron chi connectivity index (χ0n) is 10.1. The van der Waals surface area contributed by atoms with Crippen LogP contribution in [0.3, 0.4) is 0 Å². The third kappa shape index (κ3) is 3.40. The molecule has 2 aromatic rings. The van der Waals surface area contributed by atoms with Crippen LogP contribution in [0, 0.1) is 6.92 Å². The molecule has 0 amide bonds. The average molecular weight is 367 g/mol. The fraction of sp³-hybridized carbons (Fsp3) is 0.167. The highest BCUT2D eigenvalue weighted by Gasteiger charge is 2.33. The van der Waals surface area contributed by atoms with Gasteiger partial charge in [0, 0.05) is 10.5 Å². The zero-order chi connectivity index (χ0) is 14.9. The van der Waals surface area contributed by atoms with Crippen molar-refractivity contribution >= 4 is 39.0 Å². The quantitative estimate of drug-likeness (QED) is 0.763. The summed E-state index contributed by atoms with van der Waals surface area (Å²) in [5.74, 6) is -0.0244. The van der Waals surface area contributed by atoms with Gasteiger partial charge in [0.15, 0.2) is 5.69 Å². The van der Waals surface area contributed by atoms with E-state index in [1.54, 1.807) is 12.1 Å².